The highest BCUT2D eigenvalue weighted by atomic mass is 35.5. The van der Waals surface area contributed by atoms with Crippen molar-refractivity contribution in [1.29, 1.82) is 0 Å². The molecule has 1 N–H and O–H groups in total. The summed E-state index contributed by atoms with van der Waals surface area (Å²) < 4.78 is 43.7. The molecule has 9 nitrogen and oxygen atoms in total. The number of rotatable bonds is 3. The second-order valence-corrected chi connectivity index (χ2v) is 13.3. The number of anilines is 1. The summed E-state index contributed by atoms with van der Waals surface area (Å²) in [5.74, 6) is 0.544. The number of hydrogen-bond acceptors (Lipinski definition) is 8. The van der Waals surface area contributed by atoms with Gasteiger partial charge in [-0.05, 0) is 69.0 Å². The van der Waals surface area contributed by atoms with Crippen LogP contribution in [0, 0.1) is 11.7 Å². The first kappa shape index (κ1) is 28.3. The zero-order valence-corrected chi connectivity index (χ0v) is 25.4. The van der Waals surface area contributed by atoms with Gasteiger partial charge in [-0.3, -0.25) is 15.0 Å². The number of fused-ring (bicyclic) bond motifs is 8. The molecule has 3 aromatic heterocycles. The average molecular weight is 624 g/mol. The molecule has 0 unspecified atom stereocenters. The van der Waals surface area contributed by atoms with Crippen molar-refractivity contribution in [3.63, 3.8) is 0 Å². The first-order valence-corrected chi connectivity index (χ1v) is 16.2. The summed E-state index contributed by atoms with van der Waals surface area (Å²) in [6.45, 7) is 4.30. The molecule has 5 aliphatic rings. The second-order valence-electron chi connectivity index (χ2n) is 12.9. The Morgan fingerprint density at radius 2 is 2.00 bits per heavy atom. The summed E-state index contributed by atoms with van der Waals surface area (Å²) in [7, 11) is 0. The van der Waals surface area contributed by atoms with E-state index in [-0.39, 0.29) is 29.4 Å². The van der Waals surface area contributed by atoms with E-state index in [0.717, 1.165) is 69.1 Å². The molecule has 0 saturated carbocycles. The van der Waals surface area contributed by atoms with Crippen molar-refractivity contribution in [2.45, 2.75) is 63.1 Å². The van der Waals surface area contributed by atoms with Crippen LogP contribution in [-0.2, 0) is 11.2 Å². The molecule has 3 fully saturated rings. The minimum atomic E-state index is -0.868. The quantitative estimate of drug-likeness (QED) is 0.302. The smallest absolute Gasteiger partial charge is 0.319 e. The number of pyridine rings is 1. The normalized spacial score (nSPS) is 26.1. The van der Waals surface area contributed by atoms with Crippen LogP contribution in [0.1, 0.15) is 50.5 Å². The van der Waals surface area contributed by atoms with E-state index < -0.39 is 12.0 Å². The highest BCUT2D eigenvalue weighted by molar-refractivity contribution is 6.33. The molecule has 0 amide bonds. The standard InChI is InChI=1S/C32H36ClF2N7O2/c33-24-12-25-22(15-37-40-25)26-21(24)6-11-43-10-2-5-19-4-1-8-41(16-19)30-23-14-36-29(26)27(35)28(23)38-31(39-30)44-18-32-7-3-9-42(32)17-20(34)13-32/h12,14-15,19-20H,1-11,13,16-18H2,(H,37,40)/t19-,20-,32+/m1/s1. The van der Waals surface area contributed by atoms with Crippen LogP contribution < -0.4 is 9.64 Å². The van der Waals surface area contributed by atoms with E-state index in [1.54, 1.807) is 12.4 Å². The zero-order chi connectivity index (χ0) is 29.8. The third-order valence-electron chi connectivity index (χ3n) is 10.1. The van der Waals surface area contributed by atoms with Crippen LogP contribution in [0.15, 0.2) is 18.5 Å². The van der Waals surface area contributed by atoms with Gasteiger partial charge in [0.15, 0.2) is 5.82 Å². The minimum absolute atomic E-state index is 0.114. The number of hydrogen-bond donors (Lipinski definition) is 1. The molecule has 9 rings (SSSR count). The van der Waals surface area contributed by atoms with Crippen molar-refractivity contribution in [2.75, 3.05) is 50.9 Å². The molecule has 4 aromatic rings. The van der Waals surface area contributed by atoms with Gasteiger partial charge in [-0.25, -0.2) is 8.78 Å². The molecule has 12 heteroatoms. The molecular weight excluding hydrogens is 588 g/mol. The fourth-order valence-corrected chi connectivity index (χ4v) is 8.31. The summed E-state index contributed by atoms with van der Waals surface area (Å²) in [6.07, 6.45) is 9.45. The number of aromatic nitrogens is 5. The fourth-order valence-electron chi connectivity index (χ4n) is 8.01. The van der Waals surface area contributed by atoms with E-state index in [1.165, 1.54) is 0 Å². The van der Waals surface area contributed by atoms with Crippen LogP contribution in [0.25, 0.3) is 33.1 Å². The van der Waals surface area contributed by atoms with Crippen molar-refractivity contribution in [1.82, 2.24) is 30.0 Å². The van der Waals surface area contributed by atoms with Gasteiger partial charge in [-0.2, -0.15) is 15.1 Å². The molecule has 1 aromatic carbocycles. The first-order valence-electron chi connectivity index (χ1n) is 15.8. The van der Waals surface area contributed by atoms with Gasteiger partial charge in [0.1, 0.15) is 29.8 Å². The number of halogens is 3. The highest BCUT2D eigenvalue weighted by Gasteiger charge is 2.49. The van der Waals surface area contributed by atoms with Crippen LogP contribution >= 0.6 is 11.6 Å². The Morgan fingerprint density at radius 1 is 1.09 bits per heavy atom. The zero-order valence-electron chi connectivity index (χ0n) is 24.6. The van der Waals surface area contributed by atoms with Crippen LogP contribution in [-0.4, -0.2) is 87.8 Å². The second kappa shape index (κ2) is 11.3. The van der Waals surface area contributed by atoms with Gasteiger partial charge in [0, 0.05) is 54.8 Å². The fraction of sp³-hybridized carbons (Fsp3) is 0.562. The molecule has 0 spiro atoms. The number of alkyl halides is 1. The Labute approximate surface area is 259 Å². The molecule has 3 saturated heterocycles. The van der Waals surface area contributed by atoms with Crippen LogP contribution in [0.5, 0.6) is 6.01 Å². The van der Waals surface area contributed by atoms with Crippen molar-refractivity contribution in [3.05, 3.63) is 34.9 Å². The lowest BCUT2D eigenvalue weighted by Crippen LogP contribution is -2.43. The Balaban J connectivity index is 1.28. The van der Waals surface area contributed by atoms with Gasteiger partial charge in [-0.1, -0.05) is 11.6 Å². The lowest BCUT2D eigenvalue weighted by Gasteiger charge is -2.34. The van der Waals surface area contributed by atoms with E-state index in [9.17, 15) is 4.39 Å². The van der Waals surface area contributed by atoms with E-state index in [2.05, 4.69) is 25.0 Å². The molecule has 5 aliphatic heterocycles. The van der Waals surface area contributed by atoms with Gasteiger partial charge in [-0.15, -0.1) is 0 Å². The Hall–Kier alpha value is -3.15. The predicted molar refractivity (Wildman–Crippen MR) is 165 cm³/mol. The van der Waals surface area contributed by atoms with Crippen LogP contribution in [0.2, 0.25) is 5.02 Å². The Morgan fingerprint density at radius 3 is 2.93 bits per heavy atom. The minimum Gasteiger partial charge on any atom is -0.461 e. The Bertz CT molecular complexity index is 1720. The van der Waals surface area contributed by atoms with Crippen LogP contribution in [0.3, 0.4) is 0 Å². The molecule has 0 radical (unpaired) electrons. The van der Waals surface area contributed by atoms with E-state index in [0.29, 0.717) is 65.8 Å². The number of nitrogens with zero attached hydrogens (tertiary/aromatic N) is 6. The molecule has 3 atom stereocenters. The van der Waals surface area contributed by atoms with E-state index in [1.807, 2.05) is 6.07 Å². The number of aromatic amines is 1. The SMILES string of the molecule is Fc1c2ncc3c(nc(OC[C@@]45CCCN4C[C@H](F)C5)nc13)N1CCC[C@H](CCCOCCc3c(Cl)cc4[nH]ncc4c3-2)C1. The molecule has 6 bridgehead atoms. The van der Waals surface area contributed by atoms with Crippen molar-refractivity contribution >= 4 is 39.2 Å². The lowest BCUT2D eigenvalue weighted by molar-refractivity contribution is 0.107. The first-order chi connectivity index (χ1) is 21.5. The van der Waals surface area contributed by atoms with Gasteiger partial charge >= 0.3 is 6.01 Å². The maximum atomic E-state index is 16.9. The molecule has 0 aliphatic carbocycles. The van der Waals surface area contributed by atoms with Gasteiger partial charge in [0.25, 0.3) is 0 Å². The lowest BCUT2D eigenvalue weighted by atomic mass is 9.93. The topological polar surface area (TPSA) is 92.3 Å². The maximum Gasteiger partial charge on any atom is 0.319 e. The summed E-state index contributed by atoms with van der Waals surface area (Å²) in [4.78, 5) is 18.7. The van der Waals surface area contributed by atoms with E-state index in [4.69, 9.17) is 31.0 Å². The summed E-state index contributed by atoms with van der Waals surface area (Å²) >= 11 is 6.79. The summed E-state index contributed by atoms with van der Waals surface area (Å²) in [5, 5.41) is 8.95. The molecule has 8 heterocycles. The monoisotopic (exact) mass is 623 g/mol. The van der Waals surface area contributed by atoms with Crippen LogP contribution in [0.4, 0.5) is 14.6 Å². The number of H-pyrrole nitrogens is 1. The Kier molecular flexibility index (Phi) is 7.30. The number of benzene rings is 1. The number of piperidine rings is 1. The third-order valence-corrected chi connectivity index (χ3v) is 10.5. The van der Waals surface area contributed by atoms with Crippen molar-refractivity contribution in [2.24, 2.45) is 5.92 Å². The van der Waals surface area contributed by atoms with Crippen molar-refractivity contribution in [3.8, 4) is 17.3 Å². The van der Waals surface area contributed by atoms with Crippen molar-refractivity contribution < 1.29 is 18.3 Å². The van der Waals surface area contributed by atoms with Gasteiger partial charge < -0.3 is 14.4 Å². The average Bonchev–Trinajstić information content (AvgIpc) is 3.72. The predicted octanol–water partition coefficient (Wildman–Crippen LogP) is 5.89. The van der Waals surface area contributed by atoms with Gasteiger partial charge in [0.2, 0.25) is 0 Å². The number of ether oxygens (including phenoxy) is 2. The molecule has 44 heavy (non-hydrogen) atoms. The van der Waals surface area contributed by atoms with Gasteiger partial charge in [0.05, 0.1) is 29.2 Å². The summed E-state index contributed by atoms with van der Waals surface area (Å²) in [6, 6.07) is 1.93. The largest absolute Gasteiger partial charge is 0.461 e. The maximum absolute atomic E-state index is 16.9. The summed E-state index contributed by atoms with van der Waals surface area (Å²) in [5.41, 5.74) is 1.97. The van der Waals surface area contributed by atoms with E-state index >= 15 is 4.39 Å². The highest BCUT2D eigenvalue weighted by Crippen LogP contribution is 2.42. The third kappa shape index (κ3) is 4.87. The number of nitrogens with one attached hydrogen (secondary N) is 1. The molecule has 232 valence electrons. The molecular formula is C32H36ClF2N7O2.